The average Bonchev–Trinajstić information content (AvgIpc) is 3.09. The molecule has 1 saturated heterocycles. The fourth-order valence-corrected chi connectivity index (χ4v) is 4.63. The van der Waals surface area contributed by atoms with Crippen LogP contribution in [0.5, 0.6) is 17.2 Å². The number of carbonyl (C=O) groups excluding carboxylic acids is 2. The summed E-state index contributed by atoms with van der Waals surface area (Å²) in [5, 5.41) is 3.03. The summed E-state index contributed by atoms with van der Waals surface area (Å²) in [6, 6.07) is 22.5. The number of nitrogens with zero attached hydrogens (tertiary/aromatic N) is 1. The second kappa shape index (κ2) is 8.04. The van der Waals surface area contributed by atoms with Gasteiger partial charge in [-0.3, -0.25) is 9.59 Å². The lowest BCUT2D eigenvalue weighted by molar-refractivity contribution is -0.122. The molecule has 0 aliphatic carbocycles. The van der Waals surface area contributed by atoms with Crippen molar-refractivity contribution in [1.29, 1.82) is 0 Å². The molecule has 2 aliphatic heterocycles. The summed E-state index contributed by atoms with van der Waals surface area (Å²) in [6.07, 6.45) is 1.12. The molecule has 2 heterocycles. The highest BCUT2D eigenvalue weighted by molar-refractivity contribution is 6.07. The Morgan fingerprint density at radius 3 is 2.25 bits per heavy atom. The molecule has 1 N–H and O–H groups in total. The van der Waals surface area contributed by atoms with Crippen LogP contribution in [0, 0.1) is 0 Å². The Morgan fingerprint density at radius 1 is 0.938 bits per heavy atom. The summed E-state index contributed by atoms with van der Waals surface area (Å²) < 4.78 is 11.6. The molecule has 1 spiro atoms. The number of hydrogen-bond donors (Lipinski definition) is 1. The van der Waals surface area contributed by atoms with E-state index in [4.69, 9.17) is 9.47 Å². The number of fused-ring (bicyclic) bond motifs is 2. The molecule has 5 rings (SSSR count). The number of methoxy groups -OCH3 is 1. The monoisotopic (exact) mass is 428 g/mol. The number of nitrogens with one attached hydrogen (secondary N) is 1. The van der Waals surface area contributed by atoms with E-state index < -0.39 is 5.41 Å². The van der Waals surface area contributed by atoms with Crippen molar-refractivity contribution in [3.8, 4) is 17.2 Å². The maximum Gasteiger partial charge on any atom is 0.253 e. The fraction of sp³-hybridized carbons (Fsp3) is 0.231. The number of rotatable bonds is 4. The minimum Gasteiger partial charge on any atom is -0.493 e. The van der Waals surface area contributed by atoms with Gasteiger partial charge in [0.1, 0.15) is 5.75 Å². The Labute approximate surface area is 186 Å². The maximum absolute atomic E-state index is 13.1. The summed E-state index contributed by atoms with van der Waals surface area (Å²) in [7, 11) is 1.59. The van der Waals surface area contributed by atoms with E-state index in [1.165, 1.54) is 0 Å². The Hall–Kier alpha value is -3.80. The quantitative estimate of drug-likeness (QED) is 0.659. The van der Waals surface area contributed by atoms with Crippen LogP contribution in [-0.4, -0.2) is 36.9 Å². The zero-order chi connectivity index (χ0) is 22.1. The highest BCUT2D eigenvalue weighted by Gasteiger charge is 2.49. The summed E-state index contributed by atoms with van der Waals surface area (Å²) in [6.45, 7) is 1.04. The second-order valence-corrected chi connectivity index (χ2v) is 8.16. The first kappa shape index (κ1) is 20.1. The highest BCUT2D eigenvalue weighted by Crippen LogP contribution is 2.49. The van der Waals surface area contributed by atoms with Gasteiger partial charge in [0.2, 0.25) is 5.91 Å². The number of para-hydroxylation sites is 1. The smallest absolute Gasteiger partial charge is 0.253 e. The van der Waals surface area contributed by atoms with E-state index in [2.05, 4.69) is 5.32 Å². The number of piperidine rings is 1. The van der Waals surface area contributed by atoms with Crippen molar-refractivity contribution in [3.63, 3.8) is 0 Å². The van der Waals surface area contributed by atoms with Gasteiger partial charge in [-0.25, -0.2) is 0 Å². The lowest BCUT2D eigenvalue weighted by Gasteiger charge is -2.38. The maximum atomic E-state index is 13.1. The summed E-state index contributed by atoms with van der Waals surface area (Å²) in [4.78, 5) is 27.8. The molecule has 0 bridgehead atoms. The van der Waals surface area contributed by atoms with Crippen LogP contribution < -0.4 is 14.8 Å². The molecule has 0 radical (unpaired) electrons. The van der Waals surface area contributed by atoms with E-state index >= 15 is 0 Å². The first-order valence-corrected chi connectivity index (χ1v) is 10.7. The fourth-order valence-electron chi connectivity index (χ4n) is 4.63. The van der Waals surface area contributed by atoms with E-state index in [1.54, 1.807) is 7.11 Å². The minimum atomic E-state index is -0.665. The van der Waals surface area contributed by atoms with Crippen LogP contribution in [0.1, 0.15) is 28.8 Å². The topological polar surface area (TPSA) is 67.9 Å². The number of benzene rings is 3. The number of likely N-dealkylation sites (tertiary alicyclic amines) is 1. The lowest BCUT2D eigenvalue weighted by atomic mass is 9.73. The third-order valence-electron chi connectivity index (χ3n) is 6.40. The second-order valence-electron chi connectivity index (χ2n) is 8.16. The molecule has 0 saturated carbocycles. The molecule has 6 heteroatoms. The first-order chi connectivity index (χ1) is 15.6. The van der Waals surface area contributed by atoms with E-state index in [9.17, 15) is 9.59 Å². The number of amides is 2. The van der Waals surface area contributed by atoms with Crippen molar-refractivity contribution < 1.29 is 19.1 Å². The van der Waals surface area contributed by atoms with Gasteiger partial charge >= 0.3 is 0 Å². The van der Waals surface area contributed by atoms with Gasteiger partial charge in [0.15, 0.2) is 11.5 Å². The molecule has 2 aliphatic rings. The van der Waals surface area contributed by atoms with Crippen molar-refractivity contribution in [2.75, 3.05) is 25.5 Å². The molecule has 0 atom stereocenters. The lowest BCUT2D eigenvalue weighted by Crippen LogP contribution is -2.48. The highest BCUT2D eigenvalue weighted by atomic mass is 16.5. The number of carbonyl (C=O) groups is 2. The van der Waals surface area contributed by atoms with Crippen LogP contribution >= 0.6 is 0 Å². The summed E-state index contributed by atoms with van der Waals surface area (Å²) in [5.74, 6) is 1.79. The standard InChI is InChI=1S/C26H24N2O4/c1-31-22-16-20-21(17-23(22)32-19-10-6-3-7-11-19)27-25(30)26(20)12-14-28(15-13-26)24(29)18-8-4-2-5-9-18/h2-11,16-17H,12-15H2,1H3,(H,27,30). The Kier molecular flexibility index (Phi) is 5.05. The Bertz CT molecular complexity index is 1150. The average molecular weight is 428 g/mol. The van der Waals surface area contributed by atoms with Crippen LogP contribution in [0.3, 0.4) is 0 Å². The Balaban J connectivity index is 1.41. The van der Waals surface area contributed by atoms with Crippen molar-refractivity contribution in [2.45, 2.75) is 18.3 Å². The van der Waals surface area contributed by atoms with Crippen LogP contribution in [0.4, 0.5) is 5.69 Å². The van der Waals surface area contributed by atoms with Gasteiger partial charge in [0.25, 0.3) is 5.91 Å². The van der Waals surface area contributed by atoms with Gasteiger partial charge in [-0.15, -0.1) is 0 Å². The SMILES string of the molecule is COc1cc2c(cc1Oc1ccccc1)NC(=O)C21CCN(C(=O)c2ccccc2)CC1. The molecule has 3 aromatic rings. The van der Waals surface area contributed by atoms with E-state index in [0.29, 0.717) is 48.7 Å². The number of ether oxygens (including phenoxy) is 2. The predicted octanol–water partition coefficient (Wildman–Crippen LogP) is 4.61. The predicted molar refractivity (Wildman–Crippen MR) is 121 cm³/mol. The van der Waals surface area contributed by atoms with E-state index in [0.717, 1.165) is 11.3 Å². The molecular formula is C26H24N2O4. The number of hydrogen-bond acceptors (Lipinski definition) is 4. The van der Waals surface area contributed by atoms with Gasteiger partial charge in [-0.2, -0.15) is 0 Å². The Morgan fingerprint density at radius 2 is 1.59 bits per heavy atom. The zero-order valence-corrected chi connectivity index (χ0v) is 17.8. The zero-order valence-electron chi connectivity index (χ0n) is 17.8. The molecule has 3 aromatic carbocycles. The normalized spacial score (nSPS) is 16.4. The van der Waals surface area contributed by atoms with Gasteiger partial charge in [-0.1, -0.05) is 36.4 Å². The van der Waals surface area contributed by atoms with Gasteiger partial charge in [0, 0.05) is 30.4 Å². The van der Waals surface area contributed by atoms with Crippen molar-refractivity contribution in [1.82, 2.24) is 4.90 Å². The molecule has 162 valence electrons. The van der Waals surface area contributed by atoms with Crippen LogP contribution in [0.25, 0.3) is 0 Å². The summed E-state index contributed by atoms with van der Waals surface area (Å²) in [5.41, 5.74) is 1.65. The van der Waals surface area contributed by atoms with E-state index in [-0.39, 0.29) is 11.8 Å². The van der Waals surface area contributed by atoms with E-state index in [1.807, 2.05) is 77.7 Å². The summed E-state index contributed by atoms with van der Waals surface area (Å²) >= 11 is 0. The molecular weight excluding hydrogens is 404 g/mol. The van der Waals surface area contributed by atoms with Crippen LogP contribution in [0.15, 0.2) is 72.8 Å². The van der Waals surface area contributed by atoms with Crippen LogP contribution in [0.2, 0.25) is 0 Å². The molecule has 0 aromatic heterocycles. The molecule has 6 nitrogen and oxygen atoms in total. The van der Waals surface area contributed by atoms with Crippen molar-refractivity contribution in [3.05, 3.63) is 83.9 Å². The van der Waals surface area contributed by atoms with Crippen molar-refractivity contribution >= 4 is 17.5 Å². The molecule has 1 fully saturated rings. The largest absolute Gasteiger partial charge is 0.493 e. The third-order valence-corrected chi connectivity index (χ3v) is 6.40. The van der Waals surface area contributed by atoms with Gasteiger partial charge in [-0.05, 0) is 48.7 Å². The van der Waals surface area contributed by atoms with Crippen molar-refractivity contribution in [2.24, 2.45) is 0 Å². The molecule has 32 heavy (non-hydrogen) atoms. The third kappa shape index (κ3) is 3.38. The number of anilines is 1. The van der Waals surface area contributed by atoms with Gasteiger partial charge < -0.3 is 19.7 Å². The molecule has 0 unspecified atom stereocenters. The minimum absolute atomic E-state index is 0.00303. The molecule has 2 amide bonds. The van der Waals surface area contributed by atoms with Gasteiger partial charge in [0.05, 0.1) is 12.5 Å². The first-order valence-electron chi connectivity index (χ1n) is 10.7. The van der Waals surface area contributed by atoms with Crippen LogP contribution in [-0.2, 0) is 10.2 Å².